The van der Waals surface area contributed by atoms with Crippen LogP contribution in [0.5, 0.6) is 0 Å². The lowest BCUT2D eigenvalue weighted by Gasteiger charge is -2.30. The van der Waals surface area contributed by atoms with Crippen molar-refractivity contribution in [3.8, 4) is 0 Å². The maximum atomic E-state index is 14.1. The van der Waals surface area contributed by atoms with Gasteiger partial charge in [0.2, 0.25) is 41.4 Å². The van der Waals surface area contributed by atoms with Crippen molar-refractivity contribution in [1.82, 2.24) is 46.8 Å². The summed E-state index contributed by atoms with van der Waals surface area (Å²) in [5.74, 6) is -6.66. The van der Waals surface area contributed by atoms with Gasteiger partial charge in [-0.1, -0.05) is 30.3 Å². The number of nitrogens with one attached hydrogen (secondary N) is 8. The highest BCUT2D eigenvalue weighted by Crippen LogP contribution is 2.20. The summed E-state index contributed by atoms with van der Waals surface area (Å²) < 4.78 is 0. The quantitative estimate of drug-likeness (QED) is 0.0289. The molecule has 310 valence electrons. The second-order valence-corrected chi connectivity index (χ2v) is 13.3. The molecule has 22 nitrogen and oxygen atoms in total. The van der Waals surface area contributed by atoms with Crippen LogP contribution in [0.3, 0.4) is 0 Å². The van der Waals surface area contributed by atoms with E-state index in [-0.39, 0.29) is 51.0 Å². The average Bonchev–Trinajstić information content (AvgIpc) is 3.88. The number of benzene rings is 1. The molecule has 0 aliphatic carbocycles. The summed E-state index contributed by atoms with van der Waals surface area (Å²) in [6, 6.07) is 2.63. The van der Waals surface area contributed by atoms with E-state index in [1.807, 2.05) is 0 Å². The lowest BCUT2D eigenvalue weighted by atomic mass is 10.0. The molecular formula is C35H51N13O9. The fourth-order valence-corrected chi connectivity index (χ4v) is 5.95. The molecular weight excluding hydrogens is 746 g/mol. The van der Waals surface area contributed by atoms with Crippen molar-refractivity contribution in [2.24, 2.45) is 17.2 Å². The van der Waals surface area contributed by atoms with Gasteiger partial charge in [-0.05, 0) is 37.7 Å². The molecule has 0 bridgehead atoms. The monoisotopic (exact) mass is 797 g/mol. The van der Waals surface area contributed by atoms with Crippen molar-refractivity contribution in [2.75, 3.05) is 26.2 Å². The minimum absolute atomic E-state index is 0.0345. The molecule has 15 N–H and O–H groups in total. The van der Waals surface area contributed by atoms with Crippen LogP contribution in [-0.2, 0) is 51.2 Å². The lowest BCUT2D eigenvalue weighted by Crippen LogP contribution is -2.59. The number of hydrogen-bond acceptors (Lipinski definition) is 11. The third kappa shape index (κ3) is 15.6. The molecule has 1 aromatic carbocycles. The molecule has 7 amide bonds. The number of carbonyl (C=O) groups is 8. The molecule has 1 aliphatic heterocycles. The summed E-state index contributed by atoms with van der Waals surface area (Å²) in [6.07, 6.45) is 3.54. The first-order chi connectivity index (χ1) is 27.1. The molecule has 2 heterocycles. The number of aromatic nitrogens is 2. The van der Waals surface area contributed by atoms with Crippen LogP contribution in [0.2, 0.25) is 0 Å². The molecule has 0 unspecified atom stereocenters. The number of hydrogen-bond donors (Lipinski definition) is 12. The molecule has 0 radical (unpaired) electrons. The van der Waals surface area contributed by atoms with Gasteiger partial charge in [0, 0.05) is 38.5 Å². The first kappa shape index (κ1) is 44.8. The predicted octanol–water partition coefficient (Wildman–Crippen LogP) is -4.19. The summed E-state index contributed by atoms with van der Waals surface area (Å²) >= 11 is 0. The highest BCUT2D eigenvalue weighted by Gasteiger charge is 2.40. The van der Waals surface area contributed by atoms with Crippen molar-refractivity contribution < 1.29 is 43.5 Å². The van der Waals surface area contributed by atoms with Gasteiger partial charge < -0.3 is 64.1 Å². The number of aliphatic carboxylic acids is 1. The van der Waals surface area contributed by atoms with E-state index in [1.165, 1.54) is 11.2 Å². The van der Waals surface area contributed by atoms with E-state index in [2.05, 4.69) is 41.9 Å². The molecule has 22 heteroatoms. The van der Waals surface area contributed by atoms with E-state index >= 15 is 0 Å². The van der Waals surface area contributed by atoms with Crippen molar-refractivity contribution >= 4 is 53.3 Å². The van der Waals surface area contributed by atoms with Crippen LogP contribution in [0.1, 0.15) is 49.8 Å². The Balaban J connectivity index is 1.76. The van der Waals surface area contributed by atoms with Crippen LogP contribution in [-0.4, -0.2) is 130 Å². The van der Waals surface area contributed by atoms with Crippen LogP contribution < -0.4 is 49.1 Å². The summed E-state index contributed by atoms with van der Waals surface area (Å²) in [5.41, 5.74) is 17.8. The second-order valence-electron chi connectivity index (χ2n) is 13.3. The third-order valence-electron chi connectivity index (χ3n) is 8.85. The second kappa shape index (κ2) is 22.7. The Morgan fingerprint density at radius 3 is 2.25 bits per heavy atom. The molecule has 1 aromatic heterocycles. The third-order valence-corrected chi connectivity index (χ3v) is 8.85. The molecule has 0 saturated carbocycles. The van der Waals surface area contributed by atoms with Crippen LogP contribution in [0, 0.1) is 5.41 Å². The van der Waals surface area contributed by atoms with Gasteiger partial charge in [0.1, 0.15) is 30.7 Å². The average molecular weight is 798 g/mol. The Morgan fingerprint density at radius 1 is 0.877 bits per heavy atom. The molecule has 1 saturated heterocycles. The number of H-pyrrole nitrogens is 1. The van der Waals surface area contributed by atoms with Crippen LogP contribution in [0.25, 0.3) is 0 Å². The molecule has 0 spiro atoms. The van der Waals surface area contributed by atoms with Crippen molar-refractivity contribution in [1.29, 1.82) is 5.41 Å². The number of nitrogens with zero attached hydrogens (tertiary/aromatic N) is 2. The molecule has 57 heavy (non-hydrogen) atoms. The summed E-state index contributed by atoms with van der Waals surface area (Å²) in [4.78, 5) is 111. The fraction of sp³-hybridized carbons (Fsp3) is 0.486. The zero-order valence-corrected chi connectivity index (χ0v) is 31.3. The van der Waals surface area contributed by atoms with Crippen molar-refractivity contribution in [2.45, 2.75) is 81.6 Å². The first-order valence-electron chi connectivity index (χ1n) is 18.3. The van der Waals surface area contributed by atoms with Gasteiger partial charge in [-0.2, -0.15) is 0 Å². The SMILES string of the molecule is N=C(N)NCCC[C@H](N)C(=O)N[C@@H](Cc1c[nH]cn1)C(=O)N1CCC[C@H]1C(=O)N[C@@H](CCC(N)=O)C(=O)N[C@@H](Cc1ccccc1)C(=O)NCC(=O)NCC(=O)O. The molecule has 1 aliphatic rings. The number of guanidine groups is 1. The number of nitrogens with two attached hydrogens (primary N) is 3. The Hall–Kier alpha value is -6.58. The van der Waals surface area contributed by atoms with E-state index in [0.29, 0.717) is 30.6 Å². The number of carboxylic acid groups (broad SMARTS) is 1. The minimum atomic E-state index is -1.40. The van der Waals surface area contributed by atoms with Gasteiger partial charge in [-0.25, -0.2) is 4.98 Å². The predicted molar refractivity (Wildman–Crippen MR) is 202 cm³/mol. The van der Waals surface area contributed by atoms with Gasteiger partial charge in [-0.3, -0.25) is 43.8 Å². The Kier molecular flexibility index (Phi) is 17.9. The number of primary amides is 1. The number of rotatable bonds is 23. The van der Waals surface area contributed by atoms with Gasteiger partial charge in [0.25, 0.3) is 0 Å². The summed E-state index contributed by atoms with van der Waals surface area (Å²) in [5, 5.41) is 31.0. The Morgan fingerprint density at radius 2 is 1.60 bits per heavy atom. The standard InChI is InChI=1S/C35H51N13O9/c36-22(8-4-12-41-35(38)39)30(53)47-25(15-21-16-40-19-44-21)34(57)48-13-5-9-26(48)33(56)45-23(10-11-27(37)49)32(55)46-24(14-20-6-2-1-3-7-20)31(54)43-17-28(50)42-18-29(51)52/h1-3,6-7,16,19,22-26H,4-5,8-15,17-18,36H2,(H2,37,49)(H,40,44)(H,42,50)(H,43,54)(H,45,56)(H,46,55)(H,47,53)(H,51,52)(H4,38,39,41)/t22-,23-,24-,25-,26-/m0/s1. The minimum Gasteiger partial charge on any atom is -0.480 e. The number of aromatic amines is 1. The maximum Gasteiger partial charge on any atom is 0.322 e. The van der Waals surface area contributed by atoms with Crippen LogP contribution in [0.15, 0.2) is 42.9 Å². The van der Waals surface area contributed by atoms with E-state index in [9.17, 15) is 38.4 Å². The molecule has 3 rings (SSSR count). The first-order valence-corrected chi connectivity index (χ1v) is 18.3. The van der Waals surface area contributed by atoms with Crippen molar-refractivity contribution in [3.63, 3.8) is 0 Å². The van der Waals surface area contributed by atoms with E-state index in [4.69, 9.17) is 27.7 Å². The van der Waals surface area contributed by atoms with Gasteiger partial charge in [-0.15, -0.1) is 0 Å². The highest BCUT2D eigenvalue weighted by molar-refractivity contribution is 5.97. The molecule has 2 aromatic rings. The molecule has 5 atom stereocenters. The zero-order chi connectivity index (χ0) is 41.9. The fourth-order valence-electron chi connectivity index (χ4n) is 5.95. The van der Waals surface area contributed by atoms with E-state index < -0.39 is 90.6 Å². The zero-order valence-electron chi connectivity index (χ0n) is 31.3. The van der Waals surface area contributed by atoms with Crippen LogP contribution >= 0.6 is 0 Å². The van der Waals surface area contributed by atoms with E-state index in [0.717, 1.165) is 0 Å². The van der Waals surface area contributed by atoms with Crippen molar-refractivity contribution in [3.05, 3.63) is 54.1 Å². The Bertz CT molecular complexity index is 1730. The maximum absolute atomic E-state index is 14.1. The number of carboxylic acids is 1. The van der Waals surface area contributed by atoms with E-state index in [1.54, 1.807) is 36.5 Å². The topological polar surface area (TPSA) is 363 Å². The normalized spacial score (nSPS) is 15.5. The van der Waals surface area contributed by atoms with Gasteiger partial charge >= 0.3 is 5.97 Å². The largest absolute Gasteiger partial charge is 0.480 e. The molecule has 1 fully saturated rings. The lowest BCUT2D eigenvalue weighted by molar-refractivity contribution is -0.142. The summed E-state index contributed by atoms with van der Waals surface area (Å²) in [6.45, 7) is -0.804. The Labute approximate surface area is 327 Å². The number of amides is 7. The van der Waals surface area contributed by atoms with Crippen LogP contribution in [0.4, 0.5) is 0 Å². The summed E-state index contributed by atoms with van der Waals surface area (Å²) in [7, 11) is 0. The number of carbonyl (C=O) groups excluding carboxylic acids is 7. The number of likely N-dealkylation sites (tertiary alicyclic amines) is 1. The highest BCUT2D eigenvalue weighted by atomic mass is 16.4. The number of imidazole rings is 1. The van der Waals surface area contributed by atoms with Gasteiger partial charge in [0.05, 0.1) is 24.6 Å². The smallest absolute Gasteiger partial charge is 0.322 e. The van der Waals surface area contributed by atoms with Gasteiger partial charge in [0.15, 0.2) is 5.96 Å².